The van der Waals surface area contributed by atoms with Gasteiger partial charge in [-0.25, -0.2) is 4.98 Å². The molecule has 0 spiro atoms. The van der Waals surface area contributed by atoms with Crippen molar-refractivity contribution >= 4 is 22.4 Å². The molecule has 1 aromatic heterocycles. The molecule has 2 rings (SSSR count). The van der Waals surface area contributed by atoms with Crippen LogP contribution in [0.2, 0.25) is 0 Å². The van der Waals surface area contributed by atoms with Gasteiger partial charge in [-0.15, -0.1) is 11.3 Å². The van der Waals surface area contributed by atoms with Crippen LogP contribution >= 0.6 is 11.3 Å². The summed E-state index contributed by atoms with van der Waals surface area (Å²) in [5.41, 5.74) is 1.08. The van der Waals surface area contributed by atoms with Crippen molar-refractivity contribution in [3.05, 3.63) is 10.6 Å². The van der Waals surface area contributed by atoms with E-state index >= 15 is 0 Å². The second-order valence-corrected chi connectivity index (χ2v) is 5.27. The van der Waals surface area contributed by atoms with E-state index in [4.69, 9.17) is 4.74 Å². The molecule has 1 atom stereocenters. The molecule has 88 valence electrons. The number of hydrogen-bond acceptors (Lipinski definition) is 5. The van der Waals surface area contributed by atoms with Crippen molar-refractivity contribution in [1.82, 2.24) is 4.98 Å². The molecular formula is C11H16N2O2S. The minimum absolute atomic E-state index is 0.00881. The molecule has 1 fully saturated rings. The second-order valence-electron chi connectivity index (χ2n) is 4.09. The Kier molecular flexibility index (Phi) is 3.14. The number of hydrogen-bond donors (Lipinski definition) is 0. The van der Waals surface area contributed by atoms with Crippen LogP contribution in [0.15, 0.2) is 0 Å². The van der Waals surface area contributed by atoms with Gasteiger partial charge in [-0.2, -0.15) is 0 Å². The number of thiazole rings is 1. The first-order chi connectivity index (χ1) is 7.61. The Morgan fingerprint density at radius 2 is 2.31 bits per heavy atom. The van der Waals surface area contributed by atoms with Crippen LogP contribution in [0.25, 0.3) is 0 Å². The number of aromatic nitrogens is 1. The number of anilines is 1. The zero-order valence-electron chi connectivity index (χ0n) is 9.82. The Labute approximate surface area is 99.2 Å². The molecule has 1 unspecified atom stereocenters. The van der Waals surface area contributed by atoms with Gasteiger partial charge in [0, 0.05) is 18.0 Å². The van der Waals surface area contributed by atoms with Crippen molar-refractivity contribution in [2.75, 3.05) is 25.1 Å². The molecule has 0 bridgehead atoms. The van der Waals surface area contributed by atoms with Gasteiger partial charge in [-0.1, -0.05) is 0 Å². The van der Waals surface area contributed by atoms with Crippen LogP contribution in [0.1, 0.15) is 17.0 Å². The Morgan fingerprint density at radius 3 is 2.88 bits per heavy atom. The number of carbonyl (C=O) groups is 1. The Balaban J connectivity index is 2.06. The molecule has 0 amide bonds. The van der Waals surface area contributed by atoms with Gasteiger partial charge in [0.1, 0.15) is 0 Å². The van der Waals surface area contributed by atoms with E-state index < -0.39 is 0 Å². The van der Waals surface area contributed by atoms with Gasteiger partial charge in [-0.05, 0) is 20.3 Å². The molecule has 1 aliphatic rings. The Bertz CT molecular complexity index is 383. The number of esters is 1. The van der Waals surface area contributed by atoms with Gasteiger partial charge < -0.3 is 9.64 Å². The average Bonchev–Trinajstić information content (AvgIpc) is 2.86. The fourth-order valence-electron chi connectivity index (χ4n) is 1.88. The van der Waals surface area contributed by atoms with Crippen molar-refractivity contribution < 1.29 is 9.53 Å². The molecule has 0 aromatic carbocycles. The lowest BCUT2D eigenvalue weighted by Gasteiger charge is -2.13. The van der Waals surface area contributed by atoms with E-state index in [1.165, 1.54) is 12.0 Å². The molecule has 16 heavy (non-hydrogen) atoms. The van der Waals surface area contributed by atoms with Gasteiger partial charge in [0.25, 0.3) is 0 Å². The third-order valence-corrected chi connectivity index (χ3v) is 4.14. The highest BCUT2D eigenvalue weighted by atomic mass is 32.1. The van der Waals surface area contributed by atoms with Crippen LogP contribution in [-0.2, 0) is 9.53 Å². The van der Waals surface area contributed by atoms with Crippen molar-refractivity contribution in [2.45, 2.75) is 20.3 Å². The Hall–Kier alpha value is -1.10. The monoisotopic (exact) mass is 240 g/mol. The fraction of sp³-hybridized carbons (Fsp3) is 0.636. The average molecular weight is 240 g/mol. The van der Waals surface area contributed by atoms with Crippen molar-refractivity contribution in [3.8, 4) is 0 Å². The largest absolute Gasteiger partial charge is 0.469 e. The maximum absolute atomic E-state index is 11.4. The van der Waals surface area contributed by atoms with Crippen LogP contribution in [0.4, 0.5) is 5.13 Å². The van der Waals surface area contributed by atoms with Gasteiger partial charge in [0.2, 0.25) is 0 Å². The highest BCUT2D eigenvalue weighted by molar-refractivity contribution is 7.15. The molecule has 0 aliphatic carbocycles. The van der Waals surface area contributed by atoms with Crippen molar-refractivity contribution in [1.29, 1.82) is 0 Å². The van der Waals surface area contributed by atoms with Gasteiger partial charge in [-0.3, -0.25) is 4.79 Å². The summed E-state index contributed by atoms with van der Waals surface area (Å²) in [4.78, 5) is 19.3. The first kappa shape index (κ1) is 11.4. The smallest absolute Gasteiger partial charge is 0.310 e. The lowest BCUT2D eigenvalue weighted by Crippen LogP contribution is -2.23. The third-order valence-electron chi connectivity index (χ3n) is 3.01. The Morgan fingerprint density at radius 1 is 1.56 bits per heavy atom. The van der Waals surface area contributed by atoms with Crippen molar-refractivity contribution in [3.63, 3.8) is 0 Å². The van der Waals surface area contributed by atoms with Crippen LogP contribution in [-0.4, -0.2) is 31.2 Å². The summed E-state index contributed by atoms with van der Waals surface area (Å²) in [7, 11) is 1.45. The molecule has 0 N–H and O–H groups in total. The number of nitrogens with zero attached hydrogens (tertiary/aromatic N) is 2. The first-order valence-corrected chi connectivity index (χ1v) is 6.20. The molecule has 4 nitrogen and oxygen atoms in total. The molecular weight excluding hydrogens is 224 g/mol. The highest BCUT2D eigenvalue weighted by Gasteiger charge is 2.30. The maximum Gasteiger partial charge on any atom is 0.310 e. The van der Waals surface area contributed by atoms with E-state index in [0.29, 0.717) is 0 Å². The van der Waals surface area contributed by atoms with Crippen LogP contribution < -0.4 is 4.90 Å². The number of ether oxygens (including phenoxy) is 1. The standard InChI is InChI=1S/C11H16N2O2S/c1-7-8(2)16-11(12-7)13-5-4-9(6-13)10(14)15-3/h9H,4-6H2,1-3H3. The SMILES string of the molecule is COC(=O)C1CCN(c2nc(C)c(C)s2)C1. The predicted octanol–water partition coefficient (Wildman–Crippen LogP) is 1.76. The summed E-state index contributed by atoms with van der Waals surface area (Å²) in [6.45, 7) is 5.72. The molecule has 2 heterocycles. The third kappa shape index (κ3) is 2.04. The lowest BCUT2D eigenvalue weighted by molar-refractivity contribution is -0.144. The van der Waals surface area contributed by atoms with Crippen LogP contribution in [0.3, 0.4) is 0 Å². The normalized spacial score (nSPS) is 20.2. The quantitative estimate of drug-likeness (QED) is 0.739. The zero-order chi connectivity index (χ0) is 11.7. The minimum Gasteiger partial charge on any atom is -0.469 e. The summed E-state index contributed by atoms with van der Waals surface area (Å²) in [5.74, 6) is -0.0954. The zero-order valence-corrected chi connectivity index (χ0v) is 10.6. The van der Waals surface area contributed by atoms with Crippen LogP contribution in [0.5, 0.6) is 0 Å². The summed E-state index contributed by atoms with van der Waals surface area (Å²) < 4.78 is 4.76. The van der Waals surface area contributed by atoms with E-state index in [0.717, 1.165) is 30.3 Å². The first-order valence-electron chi connectivity index (χ1n) is 5.38. The summed E-state index contributed by atoms with van der Waals surface area (Å²) in [6, 6.07) is 0. The van der Waals surface area contributed by atoms with E-state index in [1.807, 2.05) is 6.92 Å². The fourth-order valence-corrected chi connectivity index (χ4v) is 2.83. The number of aryl methyl sites for hydroxylation is 2. The van der Waals surface area contributed by atoms with Crippen molar-refractivity contribution in [2.24, 2.45) is 5.92 Å². The minimum atomic E-state index is -0.104. The molecule has 1 saturated heterocycles. The number of rotatable bonds is 2. The summed E-state index contributed by atoms with van der Waals surface area (Å²) >= 11 is 1.70. The molecule has 0 saturated carbocycles. The second kappa shape index (κ2) is 4.41. The molecule has 1 aromatic rings. The van der Waals surface area contributed by atoms with Gasteiger partial charge in [0.05, 0.1) is 18.7 Å². The molecule has 5 heteroatoms. The number of carbonyl (C=O) groups excluding carboxylic acids is 1. The van der Waals surface area contributed by atoms with E-state index in [-0.39, 0.29) is 11.9 Å². The lowest BCUT2D eigenvalue weighted by atomic mass is 10.1. The maximum atomic E-state index is 11.4. The summed E-state index contributed by atoms with van der Waals surface area (Å²) in [6.07, 6.45) is 0.865. The van der Waals surface area contributed by atoms with E-state index in [2.05, 4.69) is 16.8 Å². The topological polar surface area (TPSA) is 42.4 Å². The van der Waals surface area contributed by atoms with E-state index in [9.17, 15) is 4.79 Å². The van der Waals surface area contributed by atoms with Gasteiger partial charge >= 0.3 is 5.97 Å². The summed E-state index contributed by atoms with van der Waals surface area (Å²) in [5, 5.41) is 1.03. The van der Waals surface area contributed by atoms with Crippen LogP contribution in [0, 0.1) is 19.8 Å². The molecule has 0 radical (unpaired) electrons. The predicted molar refractivity (Wildman–Crippen MR) is 63.9 cm³/mol. The number of methoxy groups -OCH3 is 1. The highest BCUT2D eigenvalue weighted by Crippen LogP contribution is 2.29. The van der Waals surface area contributed by atoms with E-state index in [1.54, 1.807) is 11.3 Å². The van der Waals surface area contributed by atoms with Gasteiger partial charge in [0.15, 0.2) is 5.13 Å². The molecule has 1 aliphatic heterocycles.